The summed E-state index contributed by atoms with van der Waals surface area (Å²) in [5, 5.41) is 0.972. The third kappa shape index (κ3) is 2.25. The van der Waals surface area contributed by atoms with E-state index in [4.69, 9.17) is 11.6 Å². The molecular weight excluding hydrogens is 294 g/mol. The fourth-order valence-corrected chi connectivity index (χ4v) is 2.90. The lowest BCUT2D eigenvalue weighted by molar-refractivity contribution is 1.25. The number of benzene rings is 1. The molecule has 0 radical (unpaired) electrons. The summed E-state index contributed by atoms with van der Waals surface area (Å²) in [6, 6.07) is 8.09. The molecule has 4 heteroatoms. The molecule has 0 N–H and O–H groups in total. The number of alkyl halides is 1. The third-order valence-electron chi connectivity index (χ3n) is 2.08. The van der Waals surface area contributed by atoms with Crippen molar-refractivity contribution < 1.29 is 0 Å². The highest BCUT2D eigenvalue weighted by Gasteiger charge is 2.11. The summed E-state index contributed by atoms with van der Waals surface area (Å²) in [6.07, 6.45) is 0. The molecule has 0 aliphatic heterocycles. The maximum absolute atomic E-state index is 5.78. The maximum Gasteiger partial charge on any atom is 0.108 e. The lowest BCUT2D eigenvalue weighted by Gasteiger charge is -2.01. The molecule has 0 saturated heterocycles. The molecule has 1 heterocycles. The summed E-state index contributed by atoms with van der Waals surface area (Å²) >= 11 is 11.0. The Labute approximate surface area is 106 Å². The fraction of sp³-hybridized carbons (Fsp3) is 0.182. The van der Waals surface area contributed by atoms with Crippen molar-refractivity contribution in [2.45, 2.75) is 12.8 Å². The molecule has 0 aliphatic rings. The molecule has 0 fully saturated rings. The largest absolute Gasteiger partial charge is 0.240 e. The first-order valence-electron chi connectivity index (χ1n) is 4.49. The zero-order chi connectivity index (χ0) is 10.8. The van der Waals surface area contributed by atoms with Gasteiger partial charge >= 0.3 is 0 Å². The molecule has 2 rings (SSSR count). The second kappa shape index (κ2) is 4.64. The first-order chi connectivity index (χ1) is 7.22. The van der Waals surface area contributed by atoms with E-state index in [1.807, 2.05) is 18.2 Å². The maximum atomic E-state index is 5.78. The van der Waals surface area contributed by atoms with Gasteiger partial charge < -0.3 is 0 Å². The number of aromatic nitrogens is 1. The van der Waals surface area contributed by atoms with Gasteiger partial charge in [-0.2, -0.15) is 0 Å². The molecule has 1 aromatic carbocycles. The molecule has 78 valence electrons. The molecule has 0 spiro atoms. The highest BCUT2D eigenvalue weighted by Crippen LogP contribution is 2.32. The van der Waals surface area contributed by atoms with E-state index in [0.29, 0.717) is 5.88 Å². The van der Waals surface area contributed by atoms with E-state index < -0.39 is 0 Å². The van der Waals surface area contributed by atoms with E-state index in [1.54, 1.807) is 11.3 Å². The molecule has 0 unspecified atom stereocenters. The summed E-state index contributed by atoms with van der Waals surface area (Å²) in [6.45, 7) is 2.07. The van der Waals surface area contributed by atoms with Crippen molar-refractivity contribution in [3.63, 3.8) is 0 Å². The van der Waals surface area contributed by atoms with Crippen LogP contribution in [0.25, 0.3) is 11.3 Å². The van der Waals surface area contributed by atoms with Gasteiger partial charge in [0, 0.05) is 14.9 Å². The van der Waals surface area contributed by atoms with E-state index in [1.165, 1.54) is 4.88 Å². The van der Waals surface area contributed by atoms with Gasteiger partial charge in [-0.25, -0.2) is 4.98 Å². The normalized spacial score (nSPS) is 10.6. The van der Waals surface area contributed by atoms with Crippen molar-refractivity contribution in [3.05, 3.63) is 38.6 Å². The van der Waals surface area contributed by atoms with E-state index in [0.717, 1.165) is 20.7 Å². The number of nitrogens with zero attached hydrogens (tertiary/aromatic N) is 1. The quantitative estimate of drug-likeness (QED) is 0.738. The molecule has 2 aromatic rings. The number of hydrogen-bond acceptors (Lipinski definition) is 2. The lowest BCUT2D eigenvalue weighted by atomic mass is 10.1. The third-order valence-corrected chi connectivity index (χ3v) is 4.16. The Hall–Kier alpha value is -0.380. The number of aryl methyl sites for hydroxylation is 1. The zero-order valence-electron chi connectivity index (χ0n) is 8.13. The number of thiazole rings is 1. The van der Waals surface area contributed by atoms with E-state index in [9.17, 15) is 0 Å². The summed E-state index contributed by atoms with van der Waals surface area (Å²) in [5.74, 6) is 0.482. The molecule has 0 amide bonds. The molecular formula is C11H9BrClNS. The van der Waals surface area contributed by atoms with Gasteiger partial charge in [0.2, 0.25) is 0 Å². The van der Waals surface area contributed by atoms with Gasteiger partial charge in [-0.15, -0.1) is 22.9 Å². The Morgan fingerprint density at radius 2 is 2.13 bits per heavy atom. The molecule has 1 nitrogen and oxygen atoms in total. The topological polar surface area (TPSA) is 12.9 Å². The monoisotopic (exact) mass is 301 g/mol. The minimum atomic E-state index is 0.482. The summed E-state index contributed by atoms with van der Waals surface area (Å²) < 4.78 is 1.07. The van der Waals surface area contributed by atoms with Crippen molar-refractivity contribution in [2.75, 3.05) is 0 Å². The van der Waals surface area contributed by atoms with Gasteiger partial charge in [-0.1, -0.05) is 34.1 Å². The summed E-state index contributed by atoms with van der Waals surface area (Å²) in [7, 11) is 0. The van der Waals surface area contributed by atoms with Crippen LogP contribution >= 0.6 is 38.9 Å². The smallest absolute Gasteiger partial charge is 0.108 e. The fourth-order valence-electron chi connectivity index (χ4n) is 1.41. The van der Waals surface area contributed by atoms with Crippen LogP contribution in [0.5, 0.6) is 0 Å². The Bertz CT molecular complexity index is 481. The van der Waals surface area contributed by atoms with Crippen molar-refractivity contribution in [2.24, 2.45) is 0 Å². The highest BCUT2D eigenvalue weighted by atomic mass is 79.9. The van der Waals surface area contributed by atoms with Gasteiger partial charge in [0.15, 0.2) is 0 Å². The number of halogens is 2. The van der Waals surface area contributed by atoms with Crippen LogP contribution in [0, 0.1) is 6.92 Å². The summed E-state index contributed by atoms with van der Waals surface area (Å²) in [5.41, 5.74) is 2.16. The van der Waals surface area contributed by atoms with Gasteiger partial charge in [-0.05, 0) is 13.0 Å². The Kier molecular flexibility index (Phi) is 3.44. The average molecular weight is 303 g/mol. The first kappa shape index (κ1) is 11.1. The van der Waals surface area contributed by atoms with Crippen LogP contribution in [0.4, 0.5) is 0 Å². The molecule has 1 aromatic heterocycles. The van der Waals surface area contributed by atoms with Crippen molar-refractivity contribution in [1.82, 2.24) is 4.98 Å². The minimum absolute atomic E-state index is 0.482. The zero-order valence-corrected chi connectivity index (χ0v) is 11.3. The standard InChI is InChI=1S/C11H9BrClNS/c1-7-11(14-10(6-13)15-7)8-4-2-3-5-9(8)12/h2-5H,6H2,1H3. The molecule has 0 saturated carbocycles. The number of hydrogen-bond donors (Lipinski definition) is 0. The Balaban J connectivity index is 2.54. The van der Waals surface area contributed by atoms with Crippen LogP contribution in [-0.2, 0) is 5.88 Å². The predicted octanol–water partition coefficient (Wildman–Crippen LogP) is 4.62. The Morgan fingerprint density at radius 3 is 2.73 bits per heavy atom. The van der Waals surface area contributed by atoms with Gasteiger partial charge in [0.25, 0.3) is 0 Å². The average Bonchev–Trinajstić information content (AvgIpc) is 2.60. The van der Waals surface area contributed by atoms with Crippen LogP contribution in [0.3, 0.4) is 0 Å². The molecule has 0 aliphatic carbocycles. The molecule has 15 heavy (non-hydrogen) atoms. The SMILES string of the molecule is Cc1sc(CCl)nc1-c1ccccc1Br. The van der Waals surface area contributed by atoms with Gasteiger partial charge in [0.05, 0.1) is 11.6 Å². The van der Waals surface area contributed by atoms with Crippen LogP contribution in [0.15, 0.2) is 28.7 Å². The van der Waals surface area contributed by atoms with Crippen LogP contribution in [0.2, 0.25) is 0 Å². The second-order valence-electron chi connectivity index (χ2n) is 3.13. The Morgan fingerprint density at radius 1 is 1.40 bits per heavy atom. The molecule has 0 atom stereocenters. The minimum Gasteiger partial charge on any atom is -0.240 e. The van der Waals surface area contributed by atoms with E-state index >= 15 is 0 Å². The molecule has 0 bridgehead atoms. The van der Waals surface area contributed by atoms with Gasteiger partial charge in [0.1, 0.15) is 5.01 Å². The van der Waals surface area contributed by atoms with Crippen LogP contribution < -0.4 is 0 Å². The predicted molar refractivity (Wildman–Crippen MR) is 69.5 cm³/mol. The van der Waals surface area contributed by atoms with Crippen molar-refractivity contribution >= 4 is 38.9 Å². The highest BCUT2D eigenvalue weighted by molar-refractivity contribution is 9.10. The van der Waals surface area contributed by atoms with Gasteiger partial charge in [-0.3, -0.25) is 0 Å². The van der Waals surface area contributed by atoms with Crippen molar-refractivity contribution in [1.29, 1.82) is 0 Å². The number of rotatable bonds is 2. The van der Waals surface area contributed by atoms with Crippen LogP contribution in [-0.4, -0.2) is 4.98 Å². The van der Waals surface area contributed by atoms with E-state index in [2.05, 4.69) is 33.9 Å². The second-order valence-corrected chi connectivity index (χ2v) is 5.54. The summed E-state index contributed by atoms with van der Waals surface area (Å²) in [4.78, 5) is 5.72. The first-order valence-corrected chi connectivity index (χ1v) is 6.64. The van der Waals surface area contributed by atoms with E-state index in [-0.39, 0.29) is 0 Å². The van der Waals surface area contributed by atoms with Crippen molar-refractivity contribution in [3.8, 4) is 11.3 Å². The lowest BCUT2D eigenvalue weighted by Crippen LogP contribution is -1.82. The van der Waals surface area contributed by atoms with Crippen LogP contribution in [0.1, 0.15) is 9.88 Å².